The van der Waals surface area contributed by atoms with Gasteiger partial charge in [-0.1, -0.05) is 0 Å². The first-order valence-corrected chi connectivity index (χ1v) is 4.20. The van der Waals surface area contributed by atoms with Crippen LogP contribution in [0.25, 0.3) is 0 Å². The summed E-state index contributed by atoms with van der Waals surface area (Å²) in [6.07, 6.45) is 1.03. The third-order valence-corrected chi connectivity index (χ3v) is 2.03. The maximum absolute atomic E-state index is 9.19. The predicted molar refractivity (Wildman–Crippen MR) is 43.6 cm³/mol. The Hall–Kier alpha value is -0.910. The van der Waals surface area contributed by atoms with Crippen molar-refractivity contribution in [2.45, 2.75) is 19.6 Å². The highest BCUT2D eigenvalue weighted by atomic mass is 16.7. The molecule has 1 aromatic heterocycles. The monoisotopic (exact) mass is 184 g/mol. The molecule has 1 atom stereocenters. The van der Waals surface area contributed by atoms with Gasteiger partial charge in [0.05, 0.1) is 31.5 Å². The van der Waals surface area contributed by atoms with Crippen LogP contribution >= 0.6 is 0 Å². The molecule has 5 nitrogen and oxygen atoms in total. The SMILES string of the molecule is Cc1ocnc1CN1C[C@@H](O)CO1. The first-order valence-electron chi connectivity index (χ1n) is 4.20. The molecule has 1 aliphatic heterocycles. The van der Waals surface area contributed by atoms with Gasteiger partial charge in [-0.3, -0.25) is 4.84 Å². The van der Waals surface area contributed by atoms with E-state index in [-0.39, 0.29) is 6.10 Å². The van der Waals surface area contributed by atoms with Crippen LogP contribution in [0.3, 0.4) is 0 Å². The first-order chi connectivity index (χ1) is 6.25. The van der Waals surface area contributed by atoms with Crippen LogP contribution in [-0.4, -0.2) is 34.4 Å². The molecule has 1 saturated heterocycles. The lowest BCUT2D eigenvalue weighted by Gasteiger charge is -2.11. The fraction of sp³-hybridized carbons (Fsp3) is 0.625. The van der Waals surface area contributed by atoms with Gasteiger partial charge in [0.15, 0.2) is 6.39 Å². The van der Waals surface area contributed by atoms with Crippen molar-refractivity contribution in [3.63, 3.8) is 0 Å². The van der Waals surface area contributed by atoms with Gasteiger partial charge in [0, 0.05) is 0 Å². The van der Waals surface area contributed by atoms with Crippen LogP contribution in [0, 0.1) is 6.92 Å². The lowest BCUT2D eigenvalue weighted by atomic mass is 10.3. The highest BCUT2D eigenvalue weighted by Gasteiger charge is 2.22. The number of aliphatic hydroxyl groups is 1. The molecule has 0 unspecified atom stereocenters. The summed E-state index contributed by atoms with van der Waals surface area (Å²) in [4.78, 5) is 9.23. The van der Waals surface area contributed by atoms with Crippen LogP contribution in [0.1, 0.15) is 11.5 Å². The van der Waals surface area contributed by atoms with E-state index in [0.29, 0.717) is 19.7 Å². The molecule has 0 aromatic carbocycles. The van der Waals surface area contributed by atoms with Crippen molar-refractivity contribution >= 4 is 0 Å². The van der Waals surface area contributed by atoms with Crippen molar-refractivity contribution in [3.8, 4) is 0 Å². The number of rotatable bonds is 2. The normalized spacial score (nSPS) is 24.0. The fourth-order valence-electron chi connectivity index (χ4n) is 1.29. The molecule has 0 saturated carbocycles. The van der Waals surface area contributed by atoms with Crippen LogP contribution in [-0.2, 0) is 11.4 Å². The second kappa shape index (κ2) is 3.45. The smallest absolute Gasteiger partial charge is 0.181 e. The second-order valence-electron chi connectivity index (χ2n) is 3.13. The lowest BCUT2D eigenvalue weighted by molar-refractivity contribution is -0.118. The molecule has 2 heterocycles. The molecule has 0 spiro atoms. The summed E-state index contributed by atoms with van der Waals surface area (Å²) in [5.41, 5.74) is 0.856. The molecule has 1 N–H and O–H groups in total. The molecule has 0 radical (unpaired) electrons. The van der Waals surface area contributed by atoms with Crippen molar-refractivity contribution in [1.29, 1.82) is 0 Å². The van der Waals surface area contributed by atoms with Gasteiger partial charge in [0.2, 0.25) is 0 Å². The number of aliphatic hydroxyl groups excluding tert-OH is 1. The van der Waals surface area contributed by atoms with Crippen molar-refractivity contribution in [2.24, 2.45) is 0 Å². The molecule has 1 aliphatic rings. The number of nitrogens with zero attached hydrogens (tertiary/aromatic N) is 2. The maximum atomic E-state index is 9.19. The molecule has 72 valence electrons. The van der Waals surface area contributed by atoms with Gasteiger partial charge in [-0.2, -0.15) is 5.06 Å². The molecule has 0 amide bonds. The van der Waals surface area contributed by atoms with E-state index in [1.54, 1.807) is 5.06 Å². The summed E-state index contributed by atoms with van der Waals surface area (Å²) in [6.45, 7) is 3.33. The van der Waals surface area contributed by atoms with E-state index < -0.39 is 0 Å². The first kappa shape index (κ1) is 8.68. The minimum Gasteiger partial charge on any atom is -0.448 e. The van der Waals surface area contributed by atoms with E-state index in [0.717, 1.165) is 11.5 Å². The van der Waals surface area contributed by atoms with Gasteiger partial charge in [-0.15, -0.1) is 0 Å². The van der Waals surface area contributed by atoms with Gasteiger partial charge < -0.3 is 9.52 Å². The minimum atomic E-state index is -0.382. The predicted octanol–water partition coefficient (Wildman–Crippen LogP) is 0.0911. The van der Waals surface area contributed by atoms with Gasteiger partial charge in [-0.25, -0.2) is 4.98 Å². The molecule has 0 aliphatic carbocycles. The second-order valence-corrected chi connectivity index (χ2v) is 3.13. The molecule has 1 aromatic rings. The number of aromatic nitrogens is 1. The van der Waals surface area contributed by atoms with Gasteiger partial charge >= 0.3 is 0 Å². The Labute approximate surface area is 75.9 Å². The van der Waals surface area contributed by atoms with E-state index in [4.69, 9.17) is 9.25 Å². The van der Waals surface area contributed by atoms with Crippen molar-refractivity contribution in [3.05, 3.63) is 17.8 Å². The van der Waals surface area contributed by atoms with Crippen LogP contribution in [0.4, 0.5) is 0 Å². The van der Waals surface area contributed by atoms with E-state index in [1.807, 2.05) is 6.92 Å². The fourth-order valence-corrected chi connectivity index (χ4v) is 1.29. The Bertz CT molecular complexity index is 287. The highest BCUT2D eigenvalue weighted by molar-refractivity contribution is 5.04. The Morgan fingerprint density at radius 1 is 1.77 bits per heavy atom. The van der Waals surface area contributed by atoms with Crippen molar-refractivity contribution in [1.82, 2.24) is 10.0 Å². The average Bonchev–Trinajstić information content (AvgIpc) is 2.64. The maximum Gasteiger partial charge on any atom is 0.181 e. The highest BCUT2D eigenvalue weighted by Crippen LogP contribution is 2.12. The Kier molecular flexibility index (Phi) is 2.30. The Morgan fingerprint density at radius 3 is 3.15 bits per heavy atom. The minimum absolute atomic E-state index is 0.372. The van der Waals surface area contributed by atoms with E-state index in [1.165, 1.54) is 6.39 Å². The van der Waals surface area contributed by atoms with Gasteiger partial charge in [0.25, 0.3) is 0 Å². The molecule has 1 fully saturated rings. The number of hydrogen-bond acceptors (Lipinski definition) is 5. The van der Waals surface area contributed by atoms with E-state index in [2.05, 4.69) is 4.98 Å². The number of aryl methyl sites for hydroxylation is 1. The summed E-state index contributed by atoms with van der Waals surface area (Å²) in [6, 6.07) is 0. The van der Waals surface area contributed by atoms with Crippen LogP contribution in [0.2, 0.25) is 0 Å². The van der Waals surface area contributed by atoms with Crippen molar-refractivity contribution < 1.29 is 14.4 Å². The summed E-state index contributed by atoms with van der Waals surface area (Å²) in [5.74, 6) is 0.796. The summed E-state index contributed by atoms with van der Waals surface area (Å²) >= 11 is 0. The third-order valence-electron chi connectivity index (χ3n) is 2.03. The molecule has 5 heteroatoms. The zero-order chi connectivity index (χ0) is 9.26. The molecule has 2 rings (SSSR count). The number of oxazole rings is 1. The summed E-state index contributed by atoms with van der Waals surface area (Å²) < 4.78 is 5.05. The molecular formula is C8H12N2O3. The molecule has 0 bridgehead atoms. The summed E-state index contributed by atoms with van der Waals surface area (Å²) in [5, 5.41) is 10.9. The van der Waals surface area contributed by atoms with Crippen LogP contribution in [0.5, 0.6) is 0 Å². The lowest BCUT2D eigenvalue weighted by Crippen LogP contribution is -2.21. The Balaban J connectivity index is 1.95. The Morgan fingerprint density at radius 2 is 2.62 bits per heavy atom. The number of β-amino-alcohol motifs (C(OH)–C–C–N with tert-alkyl or cyclic N) is 1. The molecule has 13 heavy (non-hydrogen) atoms. The zero-order valence-electron chi connectivity index (χ0n) is 7.43. The zero-order valence-corrected chi connectivity index (χ0v) is 7.43. The quantitative estimate of drug-likeness (QED) is 0.706. The number of hydrogen-bond donors (Lipinski definition) is 1. The average molecular weight is 184 g/mol. The van der Waals surface area contributed by atoms with E-state index in [9.17, 15) is 5.11 Å². The topological polar surface area (TPSA) is 58.7 Å². The summed E-state index contributed by atoms with van der Waals surface area (Å²) in [7, 11) is 0. The third kappa shape index (κ3) is 1.88. The van der Waals surface area contributed by atoms with Gasteiger partial charge in [0.1, 0.15) is 5.76 Å². The van der Waals surface area contributed by atoms with Crippen LogP contribution in [0.15, 0.2) is 10.8 Å². The van der Waals surface area contributed by atoms with E-state index >= 15 is 0 Å². The number of hydroxylamine groups is 2. The van der Waals surface area contributed by atoms with Crippen molar-refractivity contribution in [2.75, 3.05) is 13.2 Å². The standard InChI is InChI=1S/C8H12N2O3/c1-6-8(9-5-12-6)3-10-2-7(11)4-13-10/h5,7,11H,2-4H2,1H3/t7-/m1/s1. The molecular weight excluding hydrogens is 172 g/mol. The van der Waals surface area contributed by atoms with Gasteiger partial charge in [-0.05, 0) is 6.92 Å². The largest absolute Gasteiger partial charge is 0.448 e. The van der Waals surface area contributed by atoms with Crippen LogP contribution < -0.4 is 0 Å².